The second kappa shape index (κ2) is 4.23. The molecule has 0 aromatic carbocycles. The number of aromatic nitrogens is 3. The summed E-state index contributed by atoms with van der Waals surface area (Å²) in [4.78, 5) is 8.38. The average Bonchev–Trinajstić information content (AvgIpc) is 2.96. The van der Waals surface area contributed by atoms with Crippen molar-refractivity contribution >= 4 is 17.2 Å². The zero-order chi connectivity index (χ0) is 12.5. The molecule has 0 amide bonds. The van der Waals surface area contributed by atoms with Crippen LogP contribution in [0.2, 0.25) is 0 Å². The highest BCUT2D eigenvalue weighted by Gasteiger charge is 2.19. The number of pyridine rings is 1. The maximum absolute atomic E-state index is 5.87. The van der Waals surface area contributed by atoms with E-state index in [4.69, 9.17) is 10.3 Å². The quantitative estimate of drug-likeness (QED) is 0.764. The van der Waals surface area contributed by atoms with Gasteiger partial charge in [-0.15, -0.1) is 11.3 Å². The van der Waals surface area contributed by atoms with Crippen LogP contribution < -0.4 is 5.73 Å². The highest BCUT2D eigenvalue weighted by atomic mass is 32.1. The number of nitrogens with two attached hydrogens (primary N) is 1. The summed E-state index contributed by atoms with van der Waals surface area (Å²) in [7, 11) is 0. The zero-order valence-electron chi connectivity index (χ0n) is 9.62. The van der Waals surface area contributed by atoms with Gasteiger partial charge in [0.1, 0.15) is 5.69 Å². The number of nitrogen functional groups attached to an aromatic ring is 1. The van der Waals surface area contributed by atoms with Crippen LogP contribution in [0.4, 0.5) is 5.82 Å². The first-order valence-corrected chi connectivity index (χ1v) is 6.21. The molecule has 0 atom stereocenters. The van der Waals surface area contributed by atoms with E-state index >= 15 is 0 Å². The van der Waals surface area contributed by atoms with Crippen molar-refractivity contribution in [1.82, 2.24) is 15.1 Å². The van der Waals surface area contributed by atoms with Crippen LogP contribution in [0.5, 0.6) is 0 Å². The molecule has 0 aliphatic heterocycles. The van der Waals surface area contributed by atoms with Crippen LogP contribution >= 0.6 is 11.3 Å². The molecule has 3 aromatic heterocycles. The highest BCUT2D eigenvalue weighted by Crippen LogP contribution is 2.36. The van der Waals surface area contributed by atoms with Crippen molar-refractivity contribution in [3.05, 3.63) is 34.9 Å². The van der Waals surface area contributed by atoms with Crippen LogP contribution in [-0.2, 0) is 0 Å². The monoisotopic (exact) mass is 258 g/mol. The summed E-state index contributed by atoms with van der Waals surface area (Å²) >= 11 is 1.56. The minimum Gasteiger partial charge on any atom is -0.380 e. The van der Waals surface area contributed by atoms with Gasteiger partial charge in [0, 0.05) is 17.8 Å². The lowest BCUT2D eigenvalue weighted by atomic mass is 10.1. The predicted molar refractivity (Wildman–Crippen MR) is 70.0 cm³/mol. The normalized spacial score (nSPS) is 10.7. The number of nitrogens with zero attached hydrogens (tertiary/aromatic N) is 3. The molecule has 6 heteroatoms. The van der Waals surface area contributed by atoms with E-state index in [0.717, 1.165) is 21.8 Å². The summed E-state index contributed by atoms with van der Waals surface area (Å²) in [5, 5.41) is 6.73. The molecule has 0 bridgehead atoms. The van der Waals surface area contributed by atoms with Crippen molar-refractivity contribution in [2.45, 2.75) is 6.92 Å². The molecule has 0 saturated heterocycles. The van der Waals surface area contributed by atoms with E-state index in [-0.39, 0.29) is 0 Å². The number of hydrogen-bond donors (Lipinski definition) is 1. The fraction of sp³-hybridized carbons (Fsp3) is 0.0833. The molecule has 2 N–H and O–H groups in total. The van der Waals surface area contributed by atoms with Gasteiger partial charge in [-0.05, 0) is 24.6 Å². The molecule has 0 unspecified atom stereocenters. The molecule has 18 heavy (non-hydrogen) atoms. The van der Waals surface area contributed by atoms with Crippen molar-refractivity contribution in [3.8, 4) is 22.6 Å². The van der Waals surface area contributed by atoms with Crippen LogP contribution in [0.15, 0.2) is 34.4 Å². The van der Waals surface area contributed by atoms with Crippen molar-refractivity contribution in [2.24, 2.45) is 0 Å². The van der Waals surface area contributed by atoms with Crippen molar-refractivity contribution < 1.29 is 4.52 Å². The Morgan fingerprint density at radius 2 is 2.06 bits per heavy atom. The van der Waals surface area contributed by atoms with E-state index in [1.807, 2.05) is 24.4 Å². The summed E-state index contributed by atoms with van der Waals surface area (Å²) in [6, 6.07) is 3.73. The topological polar surface area (TPSA) is 77.8 Å². The van der Waals surface area contributed by atoms with Gasteiger partial charge in [-0.2, -0.15) is 0 Å². The first-order valence-electron chi connectivity index (χ1n) is 5.34. The number of hydrogen-bond acceptors (Lipinski definition) is 6. The third-order valence-corrected chi connectivity index (χ3v) is 3.31. The molecule has 0 saturated carbocycles. The van der Waals surface area contributed by atoms with Gasteiger partial charge in [0.05, 0.1) is 10.6 Å². The van der Waals surface area contributed by atoms with Crippen LogP contribution in [-0.4, -0.2) is 15.1 Å². The molecular weight excluding hydrogens is 248 g/mol. The number of aryl methyl sites for hydroxylation is 1. The van der Waals surface area contributed by atoms with Crippen molar-refractivity contribution in [2.75, 3.05) is 5.73 Å². The first-order chi connectivity index (χ1) is 8.75. The SMILES string of the molecule is Cc1nc(-c2onc(N)c2-c2ccncc2)cs1. The molecule has 0 aliphatic rings. The van der Waals surface area contributed by atoms with Gasteiger partial charge >= 0.3 is 0 Å². The summed E-state index contributed by atoms with van der Waals surface area (Å²) in [5.74, 6) is 0.963. The molecular formula is C12H10N4OS. The van der Waals surface area contributed by atoms with E-state index in [9.17, 15) is 0 Å². The Morgan fingerprint density at radius 3 is 2.72 bits per heavy atom. The third-order valence-electron chi connectivity index (χ3n) is 2.54. The summed E-state index contributed by atoms with van der Waals surface area (Å²) in [6.45, 7) is 1.94. The molecule has 0 aliphatic carbocycles. The van der Waals surface area contributed by atoms with Gasteiger partial charge in [-0.25, -0.2) is 4.98 Å². The number of rotatable bonds is 2. The van der Waals surface area contributed by atoms with Gasteiger partial charge in [-0.3, -0.25) is 4.98 Å². The summed E-state index contributed by atoms with van der Waals surface area (Å²) in [6.07, 6.45) is 3.41. The minimum absolute atomic E-state index is 0.363. The highest BCUT2D eigenvalue weighted by molar-refractivity contribution is 7.09. The molecule has 5 nitrogen and oxygen atoms in total. The molecule has 0 fully saturated rings. The predicted octanol–water partition coefficient (Wildman–Crippen LogP) is 2.75. The molecule has 0 spiro atoms. The van der Waals surface area contributed by atoms with Crippen molar-refractivity contribution in [1.29, 1.82) is 0 Å². The van der Waals surface area contributed by atoms with Gasteiger partial charge in [0.25, 0.3) is 0 Å². The second-order valence-electron chi connectivity index (χ2n) is 3.76. The maximum Gasteiger partial charge on any atom is 0.196 e. The fourth-order valence-corrected chi connectivity index (χ4v) is 2.34. The second-order valence-corrected chi connectivity index (χ2v) is 4.82. The maximum atomic E-state index is 5.87. The van der Waals surface area contributed by atoms with E-state index in [0.29, 0.717) is 11.6 Å². The number of anilines is 1. The third kappa shape index (κ3) is 1.76. The number of thiazole rings is 1. The average molecular weight is 258 g/mol. The Labute approximate surface area is 107 Å². The Hall–Kier alpha value is -2.21. The van der Waals surface area contributed by atoms with Crippen LogP contribution in [0, 0.1) is 6.92 Å². The lowest BCUT2D eigenvalue weighted by molar-refractivity contribution is 0.435. The first kappa shape index (κ1) is 10.9. The van der Waals surface area contributed by atoms with Gasteiger partial charge in [0.15, 0.2) is 11.6 Å². The Balaban J connectivity index is 2.18. The molecule has 90 valence electrons. The van der Waals surface area contributed by atoms with Crippen molar-refractivity contribution in [3.63, 3.8) is 0 Å². The van der Waals surface area contributed by atoms with Crippen LogP contribution in [0.1, 0.15) is 5.01 Å². The molecule has 3 rings (SSSR count). The molecule has 3 aromatic rings. The zero-order valence-corrected chi connectivity index (χ0v) is 10.4. The van der Waals surface area contributed by atoms with Gasteiger partial charge in [0.2, 0.25) is 0 Å². The minimum atomic E-state index is 0.363. The Kier molecular flexibility index (Phi) is 2.56. The summed E-state index contributed by atoms with van der Waals surface area (Å²) in [5.41, 5.74) is 8.31. The smallest absolute Gasteiger partial charge is 0.196 e. The Bertz CT molecular complexity index is 674. The lowest BCUT2D eigenvalue weighted by Crippen LogP contribution is -1.89. The lowest BCUT2D eigenvalue weighted by Gasteiger charge is -1.99. The van der Waals surface area contributed by atoms with E-state index in [1.165, 1.54) is 0 Å². The van der Waals surface area contributed by atoms with Gasteiger partial charge in [-0.1, -0.05) is 5.16 Å². The largest absolute Gasteiger partial charge is 0.380 e. The van der Waals surface area contributed by atoms with E-state index in [1.54, 1.807) is 23.7 Å². The van der Waals surface area contributed by atoms with Crippen LogP contribution in [0.25, 0.3) is 22.6 Å². The fourth-order valence-electron chi connectivity index (χ4n) is 1.74. The van der Waals surface area contributed by atoms with Gasteiger partial charge < -0.3 is 10.3 Å². The molecule has 0 radical (unpaired) electrons. The Morgan fingerprint density at radius 1 is 1.28 bits per heavy atom. The van der Waals surface area contributed by atoms with E-state index < -0.39 is 0 Å². The van der Waals surface area contributed by atoms with Crippen LogP contribution in [0.3, 0.4) is 0 Å². The summed E-state index contributed by atoms with van der Waals surface area (Å²) < 4.78 is 5.30. The molecule has 3 heterocycles. The van der Waals surface area contributed by atoms with E-state index in [2.05, 4.69) is 15.1 Å². The standard InChI is InChI=1S/C12H10N4OS/c1-7-15-9(6-18-7)11-10(12(13)16-17-11)8-2-4-14-5-3-8/h2-6H,1H3,(H2,13,16).